The highest BCUT2D eigenvalue weighted by atomic mass is 79.9. The van der Waals surface area contributed by atoms with E-state index in [9.17, 15) is 8.78 Å². The van der Waals surface area contributed by atoms with E-state index in [1.54, 1.807) is 12.1 Å². The van der Waals surface area contributed by atoms with Crippen molar-refractivity contribution in [3.05, 3.63) is 41.7 Å². The average Bonchev–Trinajstić information content (AvgIpc) is 2.47. The molecule has 1 saturated carbocycles. The Labute approximate surface area is 115 Å². The molecule has 0 bridgehead atoms. The molecule has 2 rings (SSSR count). The van der Waals surface area contributed by atoms with Gasteiger partial charge in [0.2, 0.25) is 0 Å². The molecular weight excluding hydrogens is 298 g/mol. The highest BCUT2D eigenvalue weighted by molar-refractivity contribution is 9.09. The third-order valence-electron chi connectivity index (χ3n) is 3.82. The number of benzene rings is 1. The molecular formula is C15H17BrF2. The van der Waals surface area contributed by atoms with E-state index >= 15 is 0 Å². The summed E-state index contributed by atoms with van der Waals surface area (Å²) >= 11 is 3.54. The van der Waals surface area contributed by atoms with E-state index in [4.69, 9.17) is 0 Å². The van der Waals surface area contributed by atoms with Gasteiger partial charge < -0.3 is 0 Å². The molecule has 3 heteroatoms. The Morgan fingerprint density at radius 2 is 1.78 bits per heavy atom. The van der Waals surface area contributed by atoms with Gasteiger partial charge in [-0.1, -0.05) is 40.2 Å². The second kappa shape index (κ2) is 6.46. The Bertz CT molecular complexity index is 403. The molecule has 0 unspecified atom stereocenters. The second-order valence-electron chi connectivity index (χ2n) is 4.95. The zero-order valence-corrected chi connectivity index (χ0v) is 11.8. The van der Waals surface area contributed by atoms with Crippen molar-refractivity contribution in [2.75, 3.05) is 5.33 Å². The molecule has 1 aliphatic rings. The maximum absolute atomic E-state index is 13.0. The first-order valence-corrected chi connectivity index (χ1v) is 7.49. The minimum Gasteiger partial charge on any atom is -0.212 e. The van der Waals surface area contributed by atoms with Gasteiger partial charge in [-0.15, -0.1) is 0 Å². The van der Waals surface area contributed by atoms with Crippen LogP contribution in [-0.4, -0.2) is 5.33 Å². The molecule has 1 aromatic carbocycles. The van der Waals surface area contributed by atoms with Crippen molar-refractivity contribution in [3.63, 3.8) is 0 Å². The van der Waals surface area contributed by atoms with Crippen LogP contribution < -0.4 is 0 Å². The van der Waals surface area contributed by atoms with Crippen LogP contribution in [0.15, 0.2) is 30.6 Å². The average molecular weight is 315 g/mol. The Kier molecular flexibility index (Phi) is 4.93. The van der Waals surface area contributed by atoms with Crippen LogP contribution >= 0.6 is 15.9 Å². The molecule has 0 saturated heterocycles. The Morgan fingerprint density at radius 1 is 1.17 bits per heavy atom. The number of halogens is 3. The molecule has 0 aliphatic heterocycles. The number of alkyl halides is 1. The molecule has 0 spiro atoms. The van der Waals surface area contributed by atoms with Crippen LogP contribution in [0.3, 0.4) is 0 Å². The van der Waals surface area contributed by atoms with Crippen LogP contribution in [-0.2, 0) is 0 Å². The highest BCUT2D eigenvalue weighted by Crippen LogP contribution is 2.36. The van der Waals surface area contributed by atoms with E-state index in [1.165, 1.54) is 31.2 Å². The third-order valence-corrected chi connectivity index (χ3v) is 4.73. The first kappa shape index (κ1) is 13.7. The number of hydrogen-bond acceptors (Lipinski definition) is 0. The lowest BCUT2D eigenvalue weighted by Crippen LogP contribution is -2.14. The van der Waals surface area contributed by atoms with Crippen LogP contribution in [0.4, 0.5) is 8.78 Å². The predicted molar refractivity (Wildman–Crippen MR) is 75.1 cm³/mol. The standard InChI is InChI=1S/C15H17BrF2/c16-9-11-1-3-12(4-2-11)13-5-7-14(8-6-13)15(18)10-17/h5-8,10-12H,1-4,9H2/t11-,12-. The van der Waals surface area contributed by atoms with E-state index in [1.807, 2.05) is 12.1 Å². The zero-order valence-electron chi connectivity index (χ0n) is 10.2. The first-order chi connectivity index (χ1) is 8.74. The summed E-state index contributed by atoms with van der Waals surface area (Å²) in [6.45, 7) is 0. The van der Waals surface area contributed by atoms with Gasteiger partial charge in [0.25, 0.3) is 0 Å². The van der Waals surface area contributed by atoms with E-state index in [0.29, 0.717) is 11.5 Å². The highest BCUT2D eigenvalue weighted by Gasteiger charge is 2.21. The molecule has 0 amide bonds. The fourth-order valence-corrected chi connectivity index (χ4v) is 3.28. The normalized spacial score (nSPS) is 25.2. The van der Waals surface area contributed by atoms with Gasteiger partial charge in [0.15, 0.2) is 5.83 Å². The van der Waals surface area contributed by atoms with Crippen molar-refractivity contribution in [2.24, 2.45) is 5.92 Å². The maximum atomic E-state index is 13.0. The van der Waals surface area contributed by atoms with Gasteiger partial charge in [0.1, 0.15) is 6.33 Å². The summed E-state index contributed by atoms with van der Waals surface area (Å²) in [5, 5.41) is 1.09. The molecule has 0 atom stereocenters. The summed E-state index contributed by atoms with van der Waals surface area (Å²) in [5.41, 5.74) is 1.56. The van der Waals surface area contributed by atoms with E-state index < -0.39 is 5.83 Å². The largest absolute Gasteiger partial charge is 0.212 e. The van der Waals surface area contributed by atoms with Gasteiger partial charge in [-0.3, -0.25) is 0 Å². The summed E-state index contributed by atoms with van der Waals surface area (Å²) in [4.78, 5) is 0. The van der Waals surface area contributed by atoms with Crippen molar-refractivity contribution in [1.82, 2.24) is 0 Å². The molecule has 0 heterocycles. The van der Waals surface area contributed by atoms with Gasteiger partial charge in [-0.2, -0.15) is 0 Å². The van der Waals surface area contributed by atoms with Crippen molar-refractivity contribution >= 4 is 21.8 Å². The van der Waals surface area contributed by atoms with Crippen LogP contribution in [0.2, 0.25) is 0 Å². The topological polar surface area (TPSA) is 0 Å². The third kappa shape index (κ3) is 3.19. The van der Waals surface area contributed by atoms with Crippen LogP contribution in [0, 0.1) is 5.92 Å². The fourth-order valence-electron chi connectivity index (χ4n) is 2.63. The number of hydrogen-bond donors (Lipinski definition) is 0. The van der Waals surface area contributed by atoms with Crippen molar-refractivity contribution in [1.29, 1.82) is 0 Å². The monoisotopic (exact) mass is 314 g/mol. The zero-order chi connectivity index (χ0) is 13.0. The fraction of sp³-hybridized carbons (Fsp3) is 0.467. The lowest BCUT2D eigenvalue weighted by molar-refractivity contribution is 0.354. The number of rotatable bonds is 3. The smallest absolute Gasteiger partial charge is 0.158 e. The van der Waals surface area contributed by atoms with E-state index in [0.717, 1.165) is 11.2 Å². The molecule has 0 N–H and O–H groups in total. The van der Waals surface area contributed by atoms with Gasteiger partial charge in [-0.25, -0.2) is 8.78 Å². The van der Waals surface area contributed by atoms with Gasteiger partial charge in [0, 0.05) is 10.9 Å². The molecule has 1 aromatic rings. The van der Waals surface area contributed by atoms with Crippen molar-refractivity contribution < 1.29 is 8.78 Å². The van der Waals surface area contributed by atoms with Crippen LogP contribution in [0.1, 0.15) is 42.7 Å². The molecule has 18 heavy (non-hydrogen) atoms. The van der Waals surface area contributed by atoms with E-state index in [-0.39, 0.29) is 6.33 Å². The second-order valence-corrected chi connectivity index (χ2v) is 5.60. The van der Waals surface area contributed by atoms with E-state index in [2.05, 4.69) is 15.9 Å². The predicted octanol–water partition coefficient (Wildman–Crippen LogP) is 5.59. The molecule has 0 aromatic heterocycles. The summed E-state index contributed by atoms with van der Waals surface area (Å²) in [6, 6.07) is 7.18. The van der Waals surface area contributed by atoms with Crippen molar-refractivity contribution in [3.8, 4) is 0 Å². The minimum atomic E-state index is -0.801. The Hall–Kier alpha value is -0.700. The minimum absolute atomic E-state index is 0.0101. The SMILES string of the molecule is FC=C(F)c1ccc([C@H]2CC[C@H](CBr)CC2)cc1. The Balaban J connectivity index is 2.02. The van der Waals surface area contributed by atoms with Crippen LogP contribution in [0.25, 0.3) is 5.83 Å². The van der Waals surface area contributed by atoms with Gasteiger partial charge in [0.05, 0.1) is 0 Å². The summed E-state index contributed by atoms with van der Waals surface area (Å²) in [5.74, 6) is 0.573. The molecule has 98 valence electrons. The molecule has 0 nitrogen and oxygen atoms in total. The first-order valence-electron chi connectivity index (χ1n) is 6.36. The van der Waals surface area contributed by atoms with Crippen molar-refractivity contribution in [2.45, 2.75) is 31.6 Å². The van der Waals surface area contributed by atoms with Crippen LogP contribution in [0.5, 0.6) is 0 Å². The molecule has 1 aliphatic carbocycles. The maximum Gasteiger partial charge on any atom is 0.158 e. The van der Waals surface area contributed by atoms with Gasteiger partial charge in [-0.05, 0) is 43.1 Å². The molecule has 0 radical (unpaired) electrons. The summed E-state index contributed by atoms with van der Waals surface area (Å²) in [7, 11) is 0. The lowest BCUT2D eigenvalue weighted by atomic mass is 9.79. The lowest BCUT2D eigenvalue weighted by Gasteiger charge is -2.27. The summed E-state index contributed by atoms with van der Waals surface area (Å²) in [6.07, 6.45) is 4.89. The summed E-state index contributed by atoms with van der Waals surface area (Å²) < 4.78 is 25.1. The quantitative estimate of drug-likeness (QED) is 0.638. The van der Waals surface area contributed by atoms with Gasteiger partial charge >= 0.3 is 0 Å². The molecule has 1 fully saturated rings. The Morgan fingerprint density at radius 3 is 2.28 bits per heavy atom.